The molecule has 1 fully saturated rings. The largest absolute Gasteiger partial charge is 0.376 e. The molecule has 2 rings (SSSR count). The van der Waals surface area contributed by atoms with Crippen LogP contribution >= 0.6 is 11.6 Å². The minimum atomic E-state index is 0.0353. The van der Waals surface area contributed by atoms with Gasteiger partial charge in [-0.05, 0) is 18.2 Å². The van der Waals surface area contributed by atoms with Crippen LogP contribution in [0.25, 0.3) is 0 Å². The number of hydrogen-bond donors (Lipinski definition) is 1. The van der Waals surface area contributed by atoms with Gasteiger partial charge in [-0.1, -0.05) is 17.7 Å². The number of piperazine rings is 1. The summed E-state index contributed by atoms with van der Waals surface area (Å²) in [6.07, 6.45) is 0. The standard InChI is InChI=1S/C14H18ClN3O2/c1-11(19)17-5-7-18(8-6-17)14(20)10-16-13-4-2-3-12(15)9-13/h2-4,9,16H,5-8,10H2,1H3. The topological polar surface area (TPSA) is 52.7 Å². The summed E-state index contributed by atoms with van der Waals surface area (Å²) < 4.78 is 0. The number of hydrogen-bond acceptors (Lipinski definition) is 3. The van der Waals surface area contributed by atoms with Gasteiger partial charge in [0.1, 0.15) is 0 Å². The summed E-state index contributed by atoms with van der Waals surface area (Å²) in [5.41, 5.74) is 0.827. The monoisotopic (exact) mass is 295 g/mol. The first-order valence-corrected chi connectivity index (χ1v) is 6.97. The van der Waals surface area contributed by atoms with E-state index in [2.05, 4.69) is 5.32 Å². The maximum absolute atomic E-state index is 12.1. The Morgan fingerprint density at radius 2 is 1.85 bits per heavy atom. The highest BCUT2D eigenvalue weighted by molar-refractivity contribution is 6.30. The van der Waals surface area contributed by atoms with Crippen LogP contribution in [0.2, 0.25) is 5.02 Å². The van der Waals surface area contributed by atoms with Gasteiger partial charge >= 0.3 is 0 Å². The van der Waals surface area contributed by atoms with Crippen LogP contribution in [0.4, 0.5) is 5.69 Å². The molecular formula is C14H18ClN3O2. The van der Waals surface area contributed by atoms with Gasteiger partial charge in [-0.15, -0.1) is 0 Å². The van der Waals surface area contributed by atoms with Crippen LogP contribution in [0.1, 0.15) is 6.92 Å². The molecule has 0 bridgehead atoms. The fraction of sp³-hybridized carbons (Fsp3) is 0.429. The molecule has 0 spiro atoms. The van der Waals surface area contributed by atoms with Gasteiger partial charge in [-0.25, -0.2) is 0 Å². The molecule has 6 heteroatoms. The number of carbonyl (C=O) groups is 2. The highest BCUT2D eigenvalue weighted by atomic mass is 35.5. The number of nitrogens with one attached hydrogen (secondary N) is 1. The highest BCUT2D eigenvalue weighted by Crippen LogP contribution is 2.14. The number of anilines is 1. The van der Waals surface area contributed by atoms with Gasteiger partial charge in [0, 0.05) is 43.8 Å². The zero-order valence-corrected chi connectivity index (χ0v) is 12.2. The van der Waals surface area contributed by atoms with Crippen molar-refractivity contribution in [3.05, 3.63) is 29.3 Å². The van der Waals surface area contributed by atoms with E-state index in [1.165, 1.54) is 0 Å². The molecule has 1 aromatic rings. The molecule has 2 amide bonds. The van der Waals surface area contributed by atoms with E-state index in [-0.39, 0.29) is 18.4 Å². The Bertz CT molecular complexity index is 499. The number of halogens is 1. The summed E-state index contributed by atoms with van der Waals surface area (Å²) in [7, 11) is 0. The summed E-state index contributed by atoms with van der Waals surface area (Å²) in [5.74, 6) is 0.0994. The maximum atomic E-state index is 12.1. The zero-order chi connectivity index (χ0) is 14.5. The molecule has 1 heterocycles. The summed E-state index contributed by atoms with van der Waals surface area (Å²) in [4.78, 5) is 26.8. The van der Waals surface area contributed by atoms with E-state index in [4.69, 9.17) is 11.6 Å². The van der Waals surface area contributed by atoms with Gasteiger partial charge in [0.2, 0.25) is 11.8 Å². The molecule has 5 nitrogen and oxygen atoms in total. The fourth-order valence-corrected chi connectivity index (χ4v) is 2.35. The first-order chi connectivity index (χ1) is 9.56. The van der Waals surface area contributed by atoms with Crippen LogP contribution < -0.4 is 5.32 Å². The first kappa shape index (κ1) is 14.7. The molecule has 0 unspecified atom stereocenters. The van der Waals surface area contributed by atoms with Gasteiger partial charge in [-0.2, -0.15) is 0 Å². The summed E-state index contributed by atoms with van der Waals surface area (Å²) >= 11 is 5.88. The number of rotatable bonds is 3. The van der Waals surface area contributed by atoms with Crippen molar-refractivity contribution in [2.24, 2.45) is 0 Å². The molecule has 108 valence electrons. The van der Waals surface area contributed by atoms with E-state index >= 15 is 0 Å². The van der Waals surface area contributed by atoms with Crippen molar-refractivity contribution >= 4 is 29.1 Å². The molecule has 1 aromatic carbocycles. The van der Waals surface area contributed by atoms with Gasteiger partial charge in [-0.3, -0.25) is 9.59 Å². The van der Waals surface area contributed by atoms with Crippen molar-refractivity contribution in [2.45, 2.75) is 6.92 Å². The quantitative estimate of drug-likeness (QED) is 0.918. The molecule has 0 atom stereocenters. The van der Waals surface area contributed by atoms with Crippen molar-refractivity contribution < 1.29 is 9.59 Å². The molecule has 0 aliphatic carbocycles. The molecule has 1 saturated heterocycles. The molecule has 1 aliphatic heterocycles. The second-order valence-electron chi connectivity index (χ2n) is 4.75. The Balaban J connectivity index is 1.80. The van der Waals surface area contributed by atoms with Crippen LogP contribution in [0.15, 0.2) is 24.3 Å². The van der Waals surface area contributed by atoms with E-state index in [0.717, 1.165) is 5.69 Å². The Hall–Kier alpha value is -1.75. The number of amides is 2. The molecule has 1 aliphatic rings. The third kappa shape index (κ3) is 3.87. The van der Waals surface area contributed by atoms with Crippen molar-refractivity contribution in [1.82, 2.24) is 9.80 Å². The Morgan fingerprint density at radius 3 is 2.45 bits per heavy atom. The molecule has 0 saturated carbocycles. The van der Waals surface area contributed by atoms with Crippen LogP contribution in [0, 0.1) is 0 Å². The zero-order valence-electron chi connectivity index (χ0n) is 11.4. The second kappa shape index (κ2) is 6.61. The number of benzene rings is 1. The van der Waals surface area contributed by atoms with Crippen molar-refractivity contribution in [2.75, 3.05) is 38.0 Å². The van der Waals surface area contributed by atoms with E-state index in [1.54, 1.807) is 28.9 Å². The lowest BCUT2D eigenvalue weighted by Crippen LogP contribution is -2.51. The minimum Gasteiger partial charge on any atom is -0.376 e. The molecule has 20 heavy (non-hydrogen) atoms. The number of carbonyl (C=O) groups excluding carboxylic acids is 2. The van der Waals surface area contributed by atoms with Crippen molar-refractivity contribution in [1.29, 1.82) is 0 Å². The van der Waals surface area contributed by atoms with E-state index in [9.17, 15) is 9.59 Å². The van der Waals surface area contributed by atoms with Gasteiger partial charge in [0.25, 0.3) is 0 Å². The third-order valence-corrected chi connectivity index (χ3v) is 3.58. The molecular weight excluding hydrogens is 278 g/mol. The van der Waals surface area contributed by atoms with E-state index in [1.807, 2.05) is 12.1 Å². The Labute approximate surface area is 123 Å². The minimum absolute atomic E-state index is 0.0353. The summed E-state index contributed by atoms with van der Waals surface area (Å²) in [6.45, 7) is 4.19. The highest BCUT2D eigenvalue weighted by Gasteiger charge is 2.21. The predicted molar refractivity (Wildman–Crippen MR) is 78.8 cm³/mol. The van der Waals surface area contributed by atoms with Crippen LogP contribution in [0.3, 0.4) is 0 Å². The average molecular weight is 296 g/mol. The maximum Gasteiger partial charge on any atom is 0.241 e. The third-order valence-electron chi connectivity index (χ3n) is 3.35. The SMILES string of the molecule is CC(=O)N1CCN(C(=O)CNc2cccc(Cl)c2)CC1. The van der Waals surface area contributed by atoms with Gasteiger partial charge in [0.15, 0.2) is 0 Å². The van der Waals surface area contributed by atoms with E-state index < -0.39 is 0 Å². The van der Waals surface area contributed by atoms with E-state index in [0.29, 0.717) is 31.2 Å². The first-order valence-electron chi connectivity index (χ1n) is 6.59. The van der Waals surface area contributed by atoms with Crippen molar-refractivity contribution in [3.63, 3.8) is 0 Å². The second-order valence-corrected chi connectivity index (χ2v) is 5.19. The molecule has 0 radical (unpaired) electrons. The Morgan fingerprint density at radius 1 is 1.20 bits per heavy atom. The number of nitrogens with zero attached hydrogens (tertiary/aromatic N) is 2. The van der Waals surface area contributed by atoms with Crippen LogP contribution in [0.5, 0.6) is 0 Å². The predicted octanol–water partition coefficient (Wildman–Crippen LogP) is 1.44. The van der Waals surface area contributed by atoms with Crippen molar-refractivity contribution in [3.8, 4) is 0 Å². The van der Waals surface area contributed by atoms with Crippen LogP contribution in [-0.4, -0.2) is 54.3 Å². The molecule has 0 aromatic heterocycles. The normalized spacial score (nSPS) is 15.1. The fourth-order valence-electron chi connectivity index (χ4n) is 2.16. The van der Waals surface area contributed by atoms with Gasteiger partial charge in [0.05, 0.1) is 6.54 Å². The van der Waals surface area contributed by atoms with Gasteiger partial charge < -0.3 is 15.1 Å². The summed E-state index contributed by atoms with van der Waals surface area (Å²) in [6, 6.07) is 7.27. The lowest BCUT2D eigenvalue weighted by molar-refractivity contribution is -0.137. The smallest absolute Gasteiger partial charge is 0.241 e. The Kier molecular flexibility index (Phi) is 4.84. The summed E-state index contributed by atoms with van der Waals surface area (Å²) in [5, 5.41) is 3.70. The lowest BCUT2D eigenvalue weighted by atomic mass is 10.3. The molecule has 1 N–H and O–H groups in total. The average Bonchev–Trinajstić information content (AvgIpc) is 2.45. The lowest BCUT2D eigenvalue weighted by Gasteiger charge is -2.34. The van der Waals surface area contributed by atoms with Crippen LogP contribution in [-0.2, 0) is 9.59 Å².